The van der Waals surface area contributed by atoms with Crippen LogP contribution in [0.2, 0.25) is 5.02 Å². The van der Waals surface area contributed by atoms with Gasteiger partial charge in [0, 0.05) is 30.7 Å². The molecule has 0 radical (unpaired) electrons. The van der Waals surface area contributed by atoms with Crippen molar-refractivity contribution >= 4 is 11.6 Å². The Balaban J connectivity index is 1.89. The number of hydrogen-bond acceptors (Lipinski definition) is 2. The summed E-state index contributed by atoms with van der Waals surface area (Å²) < 4.78 is 0. The Bertz CT molecular complexity index is 421. The van der Waals surface area contributed by atoms with Crippen molar-refractivity contribution in [1.29, 1.82) is 0 Å². The van der Waals surface area contributed by atoms with E-state index in [1.54, 1.807) is 0 Å². The highest BCUT2D eigenvalue weighted by Gasteiger charge is 2.30. The molecule has 2 nitrogen and oxygen atoms in total. The predicted octanol–water partition coefficient (Wildman–Crippen LogP) is 4.33. The average Bonchev–Trinajstić information content (AvgIpc) is 3.30. The summed E-state index contributed by atoms with van der Waals surface area (Å²) in [4.78, 5) is 2.45. The highest BCUT2D eigenvalue weighted by Crippen LogP contribution is 2.29. The van der Waals surface area contributed by atoms with Crippen molar-refractivity contribution in [2.75, 3.05) is 20.1 Å². The van der Waals surface area contributed by atoms with Crippen molar-refractivity contribution < 1.29 is 0 Å². The molecule has 1 aromatic rings. The molecule has 0 bridgehead atoms. The Morgan fingerprint density at radius 1 is 1.19 bits per heavy atom. The van der Waals surface area contributed by atoms with Gasteiger partial charge in [0.15, 0.2) is 0 Å². The number of halogens is 1. The van der Waals surface area contributed by atoms with Crippen LogP contribution in [0.25, 0.3) is 0 Å². The van der Waals surface area contributed by atoms with Crippen LogP contribution in [-0.4, -0.2) is 31.1 Å². The van der Waals surface area contributed by atoms with Crippen molar-refractivity contribution in [2.24, 2.45) is 5.41 Å². The topological polar surface area (TPSA) is 15.3 Å². The smallest absolute Gasteiger partial charge is 0.0406 e. The van der Waals surface area contributed by atoms with Crippen LogP contribution in [0.4, 0.5) is 0 Å². The lowest BCUT2D eigenvalue weighted by atomic mass is 9.81. The standard InChI is InChI=1S/C18H29ClN2/c1-4-18(5-2,13-20-17-10-11-17)14-21(3)12-15-6-8-16(19)9-7-15/h6-9,17,20H,4-5,10-14H2,1-3H3. The second-order valence-electron chi connectivity index (χ2n) is 6.66. The molecular formula is C18H29ClN2. The molecule has 1 fully saturated rings. The summed E-state index contributed by atoms with van der Waals surface area (Å²) in [6, 6.07) is 9.00. The van der Waals surface area contributed by atoms with Crippen LogP contribution in [-0.2, 0) is 6.54 Å². The average molecular weight is 309 g/mol. The van der Waals surface area contributed by atoms with Gasteiger partial charge in [-0.25, -0.2) is 0 Å². The van der Waals surface area contributed by atoms with Gasteiger partial charge in [-0.1, -0.05) is 37.6 Å². The summed E-state index contributed by atoms with van der Waals surface area (Å²) in [5, 5.41) is 4.54. The van der Waals surface area contributed by atoms with E-state index in [0.717, 1.165) is 30.7 Å². The molecule has 0 saturated heterocycles. The lowest BCUT2D eigenvalue weighted by Crippen LogP contribution is -2.42. The van der Waals surface area contributed by atoms with Gasteiger partial charge in [-0.05, 0) is 55.8 Å². The largest absolute Gasteiger partial charge is 0.313 e. The Hall–Kier alpha value is -0.570. The normalized spacial score (nSPS) is 15.7. The fourth-order valence-corrected chi connectivity index (χ4v) is 3.08. The van der Waals surface area contributed by atoms with Gasteiger partial charge < -0.3 is 10.2 Å². The van der Waals surface area contributed by atoms with Crippen LogP contribution in [0.3, 0.4) is 0 Å². The second-order valence-corrected chi connectivity index (χ2v) is 7.10. The van der Waals surface area contributed by atoms with Crippen LogP contribution in [0, 0.1) is 5.41 Å². The molecule has 21 heavy (non-hydrogen) atoms. The molecular weight excluding hydrogens is 280 g/mol. The predicted molar refractivity (Wildman–Crippen MR) is 91.8 cm³/mol. The van der Waals surface area contributed by atoms with E-state index < -0.39 is 0 Å². The Labute approximate surface area is 134 Å². The Morgan fingerprint density at radius 2 is 1.81 bits per heavy atom. The van der Waals surface area contributed by atoms with Crippen LogP contribution < -0.4 is 5.32 Å². The van der Waals surface area contributed by atoms with E-state index in [9.17, 15) is 0 Å². The first-order valence-electron chi connectivity index (χ1n) is 8.23. The number of nitrogens with zero attached hydrogens (tertiary/aromatic N) is 1. The summed E-state index contributed by atoms with van der Waals surface area (Å²) in [7, 11) is 2.23. The number of benzene rings is 1. The molecule has 1 aliphatic rings. The third-order valence-corrected chi connectivity index (χ3v) is 5.07. The Kier molecular flexibility index (Phi) is 6.09. The molecule has 0 unspecified atom stereocenters. The van der Waals surface area contributed by atoms with Crippen LogP contribution in [0.1, 0.15) is 45.1 Å². The quantitative estimate of drug-likeness (QED) is 0.730. The zero-order valence-corrected chi connectivity index (χ0v) is 14.4. The van der Waals surface area contributed by atoms with E-state index in [0.29, 0.717) is 5.41 Å². The van der Waals surface area contributed by atoms with Crippen molar-refractivity contribution in [2.45, 2.75) is 52.1 Å². The van der Waals surface area contributed by atoms with E-state index in [4.69, 9.17) is 11.6 Å². The number of nitrogens with one attached hydrogen (secondary N) is 1. The molecule has 2 rings (SSSR count). The summed E-state index contributed by atoms with van der Waals surface area (Å²) in [5.41, 5.74) is 1.72. The van der Waals surface area contributed by atoms with Crippen molar-refractivity contribution in [3.8, 4) is 0 Å². The molecule has 1 saturated carbocycles. The SMILES string of the molecule is CCC(CC)(CNC1CC1)CN(C)Cc1ccc(Cl)cc1. The summed E-state index contributed by atoms with van der Waals surface area (Å²) in [6.07, 6.45) is 5.19. The highest BCUT2D eigenvalue weighted by molar-refractivity contribution is 6.30. The fourth-order valence-electron chi connectivity index (χ4n) is 2.96. The molecule has 0 aromatic heterocycles. The molecule has 0 aliphatic heterocycles. The first kappa shape index (κ1) is 16.8. The molecule has 118 valence electrons. The molecule has 0 heterocycles. The monoisotopic (exact) mass is 308 g/mol. The van der Waals surface area contributed by atoms with Crippen LogP contribution in [0.15, 0.2) is 24.3 Å². The van der Waals surface area contributed by atoms with E-state index >= 15 is 0 Å². The minimum atomic E-state index is 0.393. The molecule has 0 atom stereocenters. The van der Waals surface area contributed by atoms with Crippen LogP contribution >= 0.6 is 11.6 Å². The van der Waals surface area contributed by atoms with Gasteiger partial charge in [-0.3, -0.25) is 0 Å². The van der Waals surface area contributed by atoms with E-state index in [-0.39, 0.29) is 0 Å². The van der Waals surface area contributed by atoms with E-state index in [2.05, 4.69) is 43.2 Å². The van der Waals surface area contributed by atoms with Crippen LogP contribution in [0.5, 0.6) is 0 Å². The molecule has 0 spiro atoms. The zero-order chi connectivity index (χ0) is 15.3. The van der Waals surface area contributed by atoms with Gasteiger partial charge >= 0.3 is 0 Å². The van der Waals surface area contributed by atoms with Crippen molar-refractivity contribution in [1.82, 2.24) is 10.2 Å². The van der Waals surface area contributed by atoms with Gasteiger partial charge in [0.1, 0.15) is 0 Å². The van der Waals surface area contributed by atoms with Gasteiger partial charge in [0.2, 0.25) is 0 Å². The van der Waals surface area contributed by atoms with Crippen molar-refractivity contribution in [3.05, 3.63) is 34.9 Å². The number of rotatable bonds is 9. The minimum absolute atomic E-state index is 0.393. The summed E-state index contributed by atoms with van der Waals surface area (Å²) >= 11 is 5.95. The van der Waals surface area contributed by atoms with Gasteiger partial charge in [-0.2, -0.15) is 0 Å². The molecule has 1 aromatic carbocycles. The minimum Gasteiger partial charge on any atom is -0.313 e. The van der Waals surface area contributed by atoms with E-state index in [1.165, 1.54) is 31.2 Å². The highest BCUT2D eigenvalue weighted by atomic mass is 35.5. The number of hydrogen-bond donors (Lipinski definition) is 1. The third-order valence-electron chi connectivity index (χ3n) is 4.81. The first-order chi connectivity index (χ1) is 10.1. The summed E-state index contributed by atoms with van der Waals surface area (Å²) in [5.74, 6) is 0. The molecule has 3 heteroatoms. The zero-order valence-electron chi connectivity index (χ0n) is 13.7. The van der Waals surface area contributed by atoms with Gasteiger partial charge in [0.05, 0.1) is 0 Å². The Morgan fingerprint density at radius 3 is 2.33 bits per heavy atom. The lowest BCUT2D eigenvalue weighted by molar-refractivity contribution is 0.150. The second kappa shape index (κ2) is 7.62. The maximum Gasteiger partial charge on any atom is 0.0406 e. The fraction of sp³-hybridized carbons (Fsp3) is 0.667. The molecule has 1 aliphatic carbocycles. The van der Waals surface area contributed by atoms with Gasteiger partial charge in [-0.15, -0.1) is 0 Å². The lowest BCUT2D eigenvalue weighted by Gasteiger charge is -2.36. The van der Waals surface area contributed by atoms with E-state index in [1.807, 2.05) is 12.1 Å². The van der Waals surface area contributed by atoms with Crippen molar-refractivity contribution in [3.63, 3.8) is 0 Å². The maximum absolute atomic E-state index is 5.95. The molecule has 1 N–H and O–H groups in total. The summed E-state index contributed by atoms with van der Waals surface area (Å²) in [6.45, 7) is 7.93. The molecule has 0 amide bonds. The third kappa shape index (κ3) is 5.28. The maximum atomic E-state index is 5.95. The van der Waals surface area contributed by atoms with Gasteiger partial charge in [0.25, 0.3) is 0 Å². The first-order valence-corrected chi connectivity index (χ1v) is 8.61.